The molecule has 0 radical (unpaired) electrons. The molecule has 0 N–H and O–H groups in total. The van der Waals surface area contributed by atoms with E-state index in [1.807, 2.05) is 6.08 Å². The first-order valence-corrected chi connectivity index (χ1v) is 15.6. The van der Waals surface area contributed by atoms with Crippen molar-refractivity contribution in [3.63, 3.8) is 0 Å². The van der Waals surface area contributed by atoms with Crippen LogP contribution >= 0.6 is 0 Å². The molecular formula is C28H39FN6O3S. The Morgan fingerprint density at radius 3 is 2.67 bits per heavy atom. The lowest BCUT2D eigenvalue weighted by Crippen LogP contribution is -2.57. The van der Waals surface area contributed by atoms with Crippen LogP contribution in [0.5, 0.6) is 0 Å². The molecule has 0 amide bonds. The summed E-state index contributed by atoms with van der Waals surface area (Å²) in [4.78, 5) is 19.2. The predicted molar refractivity (Wildman–Crippen MR) is 153 cm³/mol. The van der Waals surface area contributed by atoms with Gasteiger partial charge in [-0.15, -0.1) is 0 Å². The zero-order chi connectivity index (χ0) is 29.0. The molecule has 4 heterocycles. The van der Waals surface area contributed by atoms with E-state index in [0.29, 0.717) is 38.0 Å². The number of benzene rings is 1. The van der Waals surface area contributed by atoms with Gasteiger partial charge in [-0.3, -0.25) is 0 Å². The van der Waals surface area contributed by atoms with E-state index in [-0.39, 0.29) is 36.4 Å². The first-order valence-electron chi connectivity index (χ1n) is 14.0. The number of alkyl halides is 1. The van der Waals surface area contributed by atoms with Crippen LogP contribution in [0.25, 0.3) is 6.08 Å². The summed E-state index contributed by atoms with van der Waals surface area (Å²) in [5, 5.41) is 0. The highest BCUT2D eigenvalue weighted by Crippen LogP contribution is 2.41. The minimum atomic E-state index is -3.06. The molecule has 39 heavy (non-hydrogen) atoms. The van der Waals surface area contributed by atoms with Gasteiger partial charge in [0.25, 0.3) is 0 Å². The Bertz CT molecular complexity index is 1420. The molecule has 0 aliphatic carbocycles. The predicted octanol–water partition coefficient (Wildman–Crippen LogP) is 3.81. The number of hydrogen-bond donors (Lipinski definition) is 0. The van der Waals surface area contributed by atoms with Crippen molar-refractivity contribution >= 4 is 33.5 Å². The molecule has 1 aromatic heterocycles. The molecule has 2 aromatic rings. The third-order valence-corrected chi connectivity index (χ3v) is 9.32. The summed E-state index contributed by atoms with van der Waals surface area (Å²) < 4.78 is 53.3. The van der Waals surface area contributed by atoms with Crippen molar-refractivity contribution in [1.29, 1.82) is 0 Å². The highest BCUT2D eigenvalue weighted by molar-refractivity contribution is 7.90. The number of anilines is 3. The molecule has 3 aliphatic heterocycles. The van der Waals surface area contributed by atoms with E-state index in [4.69, 9.17) is 6.11 Å². The number of nitrogens with zero attached hydrogens (tertiary/aromatic N) is 6. The number of hydrogen-bond acceptors (Lipinski definition) is 9. The van der Waals surface area contributed by atoms with E-state index >= 15 is 4.39 Å². The van der Waals surface area contributed by atoms with E-state index in [2.05, 4.69) is 52.8 Å². The second kappa shape index (κ2) is 10.3. The average Bonchev–Trinajstić information content (AvgIpc) is 2.88. The molecule has 0 spiro atoms. The summed E-state index contributed by atoms with van der Waals surface area (Å²) in [5.41, 5.74) is 2.73. The molecule has 2 saturated heterocycles. The third-order valence-electron chi connectivity index (χ3n) is 8.29. The molecule has 212 valence electrons. The zero-order valence-electron chi connectivity index (χ0n) is 24.6. The van der Waals surface area contributed by atoms with Crippen LogP contribution in [0.3, 0.4) is 0 Å². The Kier molecular flexibility index (Phi) is 6.99. The van der Waals surface area contributed by atoms with Crippen molar-refractivity contribution < 1.29 is 18.9 Å². The Morgan fingerprint density at radius 1 is 1.28 bits per heavy atom. The molecule has 0 saturated carbocycles. The van der Waals surface area contributed by atoms with E-state index in [0.717, 1.165) is 22.4 Å². The fraction of sp³-hybridized carbons (Fsp3) is 0.607. The quantitative estimate of drug-likeness (QED) is 0.502. The maximum atomic E-state index is 15.2. The van der Waals surface area contributed by atoms with Gasteiger partial charge in [-0.2, -0.15) is 4.98 Å². The van der Waals surface area contributed by atoms with Gasteiger partial charge in [0.2, 0.25) is 11.9 Å². The van der Waals surface area contributed by atoms with Crippen LogP contribution < -0.4 is 14.7 Å². The van der Waals surface area contributed by atoms with Gasteiger partial charge in [0, 0.05) is 55.8 Å². The monoisotopic (exact) mass is 559 g/mol. The van der Waals surface area contributed by atoms with Crippen molar-refractivity contribution in [3.8, 4) is 0 Å². The van der Waals surface area contributed by atoms with Gasteiger partial charge < -0.3 is 19.4 Å². The molecule has 3 aliphatic rings. The number of rotatable bonds is 7. The van der Waals surface area contributed by atoms with E-state index in [1.165, 1.54) is 26.6 Å². The Hall–Kier alpha value is -2.79. The maximum Gasteiger partial charge on any atom is 0.234 e. The summed E-state index contributed by atoms with van der Waals surface area (Å²) in [7, 11) is -1.53. The van der Waals surface area contributed by atoms with Gasteiger partial charge in [0.05, 0.1) is 26.3 Å². The number of sulfone groups is 1. The molecule has 0 bridgehead atoms. The Labute approximate surface area is 232 Å². The number of piperidine rings is 1. The number of ether oxygens (including phenoxy) is 1. The molecule has 2 fully saturated rings. The normalized spacial score (nSPS) is 27.7. The van der Waals surface area contributed by atoms with E-state index in [9.17, 15) is 8.42 Å². The van der Waals surface area contributed by atoms with Crippen LogP contribution in [-0.2, 0) is 21.1 Å². The van der Waals surface area contributed by atoms with Crippen LogP contribution in [0.1, 0.15) is 58.1 Å². The van der Waals surface area contributed by atoms with E-state index < -0.39 is 21.6 Å². The minimum absolute atomic E-state index is 0.0759. The zero-order valence-corrected chi connectivity index (χ0v) is 24.4. The number of fused-ring (bicyclic) bond motifs is 1. The molecule has 4 atom stereocenters. The highest BCUT2D eigenvalue weighted by Gasteiger charge is 2.42. The molecule has 5 rings (SSSR count). The first kappa shape index (κ1) is 26.4. The SMILES string of the molecule is [2H]C1=Cc2c(C(C)C)ccc(N3C[C@H](CS(C)(=O)=O)[C@H]3C)c2CN1c1ncnc(N2CC[C@H](OC)[C@](C)(F)C2)n1. The van der Waals surface area contributed by atoms with Crippen molar-refractivity contribution in [2.75, 3.05) is 53.5 Å². The molecule has 9 nitrogen and oxygen atoms in total. The maximum absolute atomic E-state index is 15.2. The van der Waals surface area contributed by atoms with Crippen molar-refractivity contribution in [1.82, 2.24) is 15.0 Å². The molecule has 11 heteroatoms. The smallest absolute Gasteiger partial charge is 0.234 e. The summed E-state index contributed by atoms with van der Waals surface area (Å²) in [6.45, 7) is 9.58. The number of methoxy groups -OCH3 is 1. The summed E-state index contributed by atoms with van der Waals surface area (Å²) >= 11 is 0. The molecular weight excluding hydrogens is 519 g/mol. The van der Waals surface area contributed by atoms with Gasteiger partial charge in [-0.05, 0) is 49.5 Å². The largest absolute Gasteiger partial charge is 0.378 e. The Morgan fingerprint density at radius 2 is 2.03 bits per heavy atom. The number of halogens is 1. The van der Waals surface area contributed by atoms with Crippen LogP contribution in [0, 0.1) is 5.92 Å². The number of aromatic nitrogens is 3. The second-order valence-corrected chi connectivity index (χ2v) is 13.8. The van der Waals surface area contributed by atoms with Gasteiger partial charge in [0.1, 0.15) is 16.2 Å². The first-order chi connectivity index (χ1) is 18.8. The third kappa shape index (κ3) is 5.48. The van der Waals surface area contributed by atoms with Crippen molar-refractivity contribution in [2.24, 2.45) is 5.92 Å². The van der Waals surface area contributed by atoms with Crippen molar-refractivity contribution in [2.45, 2.75) is 64.4 Å². The lowest BCUT2D eigenvalue weighted by molar-refractivity contribution is -0.0381. The van der Waals surface area contributed by atoms with Crippen molar-refractivity contribution in [3.05, 3.63) is 41.3 Å². The van der Waals surface area contributed by atoms with Crippen LogP contribution in [0.2, 0.25) is 0 Å². The highest BCUT2D eigenvalue weighted by atomic mass is 32.2. The van der Waals surface area contributed by atoms with Crippen LogP contribution in [0.4, 0.5) is 22.0 Å². The fourth-order valence-electron chi connectivity index (χ4n) is 6.07. The van der Waals surface area contributed by atoms with Gasteiger partial charge in [-0.25, -0.2) is 22.8 Å². The summed E-state index contributed by atoms with van der Waals surface area (Å²) in [6.07, 6.45) is 4.86. The van der Waals surface area contributed by atoms with E-state index in [1.54, 1.807) is 9.80 Å². The standard InChI is InChI=1S/C28H39FN6O3S/c1-18(2)21-7-8-24(35-13-20(19(35)3)15-39(6,36)37)23-14-33(11-9-22(21)23)26-30-17-31-27(32-26)34-12-10-25(38-5)28(4,29)16-34/h7-9,11,17-20,25H,10,12-16H2,1-6H3/t19-,20-,25+,28-/m1/s1/i11D. The molecule has 1 aromatic carbocycles. The van der Waals surface area contributed by atoms with Gasteiger partial charge in [-0.1, -0.05) is 19.9 Å². The minimum Gasteiger partial charge on any atom is -0.378 e. The second-order valence-electron chi connectivity index (χ2n) is 11.6. The van der Waals surface area contributed by atoms with Crippen LogP contribution in [-0.4, -0.2) is 79.9 Å². The topological polar surface area (TPSA) is 91.8 Å². The van der Waals surface area contributed by atoms with Gasteiger partial charge >= 0.3 is 0 Å². The average molecular weight is 560 g/mol. The molecule has 0 unspecified atom stereocenters. The summed E-state index contributed by atoms with van der Waals surface area (Å²) in [6, 6.07) is 4.31. The Balaban J connectivity index is 1.46. The fourth-order valence-corrected chi connectivity index (χ4v) is 7.23. The van der Waals surface area contributed by atoms with Gasteiger partial charge in [0.15, 0.2) is 5.67 Å². The lowest BCUT2D eigenvalue weighted by Gasteiger charge is -2.49. The summed E-state index contributed by atoms with van der Waals surface area (Å²) in [5.74, 6) is 1.22. The lowest BCUT2D eigenvalue weighted by atomic mass is 9.86. The van der Waals surface area contributed by atoms with Crippen LogP contribution in [0.15, 0.2) is 24.6 Å².